The van der Waals surface area contributed by atoms with Crippen molar-refractivity contribution in [2.45, 2.75) is 6.92 Å². The van der Waals surface area contributed by atoms with Crippen molar-refractivity contribution in [1.29, 1.82) is 0 Å². The highest BCUT2D eigenvalue weighted by atomic mass is 16.5. The molecule has 0 fully saturated rings. The van der Waals surface area contributed by atoms with Crippen molar-refractivity contribution in [3.8, 4) is 23.0 Å². The largest absolute Gasteiger partial charge is 0.493 e. The summed E-state index contributed by atoms with van der Waals surface area (Å²) in [5.74, 6) is 2.68. The summed E-state index contributed by atoms with van der Waals surface area (Å²) in [5, 5.41) is 0. The highest BCUT2D eigenvalue weighted by Crippen LogP contribution is 2.37. The van der Waals surface area contributed by atoms with E-state index in [2.05, 4.69) is 4.99 Å². The minimum atomic E-state index is 0.388. The van der Waals surface area contributed by atoms with E-state index in [1.807, 2.05) is 73.7 Å². The third-order valence-corrected chi connectivity index (χ3v) is 4.01. The summed E-state index contributed by atoms with van der Waals surface area (Å²) in [5.41, 5.74) is 1.47. The fourth-order valence-electron chi connectivity index (χ4n) is 2.56. The quantitative estimate of drug-likeness (QED) is 0.291. The topological polar surface area (TPSA) is 49.3 Å². The van der Waals surface area contributed by atoms with Crippen molar-refractivity contribution in [3.63, 3.8) is 0 Å². The molecule has 0 unspecified atom stereocenters. The predicted molar refractivity (Wildman–Crippen MR) is 115 cm³/mol. The van der Waals surface area contributed by atoms with E-state index in [-0.39, 0.29) is 0 Å². The van der Waals surface area contributed by atoms with Crippen LogP contribution in [0.3, 0.4) is 0 Å². The van der Waals surface area contributed by atoms with Crippen LogP contribution in [0.15, 0.2) is 95.7 Å². The van der Waals surface area contributed by atoms with Crippen LogP contribution in [0.1, 0.15) is 6.92 Å². The molecule has 0 atom stereocenters. The van der Waals surface area contributed by atoms with E-state index in [9.17, 15) is 0 Å². The zero-order valence-corrected chi connectivity index (χ0v) is 16.7. The zero-order valence-electron chi connectivity index (χ0n) is 16.7. The molecule has 0 saturated heterocycles. The predicted octanol–water partition coefficient (Wildman–Crippen LogP) is 5.80. The Morgan fingerprint density at radius 1 is 0.759 bits per heavy atom. The summed E-state index contributed by atoms with van der Waals surface area (Å²) < 4.78 is 22.7. The van der Waals surface area contributed by atoms with Gasteiger partial charge in [0.2, 0.25) is 11.6 Å². The van der Waals surface area contributed by atoms with Gasteiger partial charge in [-0.15, -0.1) is 0 Å². The Labute approximate surface area is 170 Å². The molecule has 0 aliphatic carbocycles. The van der Waals surface area contributed by atoms with Crippen LogP contribution in [0.2, 0.25) is 0 Å². The van der Waals surface area contributed by atoms with Crippen LogP contribution in [0.4, 0.5) is 5.69 Å². The van der Waals surface area contributed by atoms with Gasteiger partial charge in [-0.05, 0) is 43.3 Å². The Morgan fingerprint density at radius 2 is 1.41 bits per heavy atom. The maximum atomic E-state index is 6.13. The van der Waals surface area contributed by atoms with Gasteiger partial charge in [-0.1, -0.05) is 42.5 Å². The minimum absolute atomic E-state index is 0.388. The van der Waals surface area contributed by atoms with Gasteiger partial charge >= 0.3 is 0 Å². The average Bonchev–Trinajstić information content (AvgIpc) is 2.78. The molecule has 0 aromatic heterocycles. The first-order valence-electron chi connectivity index (χ1n) is 9.12. The third-order valence-electron chi connectivity index (χ3n) is 4.01. The van der Waals surface area contributed by atoms with Crippen LogP contribution >= 0.6 is 0 Å². The number of hydrogen-bond donors (Lipinski definition) is 0. The average molecular weight is 389 g/mol. The molecular weight excluding hydrogens is 366 g/mol. The lowest BCUT2D eigenvalue weighted by molar-refractivity contribution is 0.342. The van der Waals surface area contributed by atoms with Gasteiger partial charge in [-0.25, -0.2) is 4.99 Å². The number of methoxy groups -OCH3 is 2. The summed E-state index contributed by atoms with van der Waals surface area (Å²) >= 11 is 0. The van der Waals surface area contributed by atoms with E-state index in [1.54, 1.807) is 32.6 Å². The number of ether oxygens (including phenoxy) is 4. The standard InChI is InChI=1S/C24H23NO4/c1-18(17-28-20-13-8-5-9-14-20)24(25-19-11-6-4-7-12-19)29-22-16-10-15-21(26-2)23(22)27-3/h4-17H,1-3H3/b18-17+,25-24-. The van der Waals surface area contributed by atoms with Crippen LogP contribution < -0.4 is 18.9 Å². The van der Waals surface area contributed by atoms with E-state index in [4.69, 9.17) is 18.9 Å². The molecule has 3 rings (SSSR count). The van der Waals surface area contributed by atoms with Crippen LogP contribution in [0.25, 0.3) is 0 Å². The Bertz CT molecular complexity index is 982. The Balaban J connectivity index is 1.95. The molecule has 0 radical (unpaired) electrons. The Hall–Kier alpha value is -3.73. The maximum absolute atomic E-state index is 6.13. The lowest BCUT2D eigenvalue weighted by Gasteiger charge is -2.15. The number of aliphatic imine (C=N–C) groups is 1. The van der Waals surface area contributed by atoms with E-state index in [0.717, 1.165) is 11.4 Å². The number of para-hydroxylation sites is 3. The molecule has 3 aromatic carbocycles. The van der Waals surface area contributed by atoms with Gasteiger partial charge in [-0.2, -0.15) is 0 Å². The smallest absolute Gasteiger partial charge is 0.226 e. The van der Waals surface area contributed by atoms with Gasteiger partial charge in [0.25, 0.3) is 0 Å². The SMILES string of the molecule is COc1cccc(OC(=N\c2ccccc2)/C(C)=C/Oc2ccccc2)c1OC. The molecule has 0 spiro atoms. The molecule has 0 amide bonds. The Kier molecular flexibility index (Phi) is 6.90. The van der Waals surface area contributed by atoms with Crippen LogP contribution in [-0.4, -0.2) is 20.1 Å². The van der Waals surface area contributed by atoms with Crippen LogP contribution in [0.5, 0.6) is 23.0 Å². The van der Waals surface area contributed by atoms with Crippen molar-refractivity contribution in [3.05, 3.63) is 90.7 Å². The molecule has 0 N–H and O–H groups in total. The fraction of sp³-hybridized carbons (Fsp3) is 0.125. The molecule has 5 nitrogen and oxygen atoms in total. The normalized spacial score (nSPS) is 11.7. The van der Waals surface area contributed by atoms with Crippen molar-refractivity contribution in [2.75, 3.05) is 14.2 Å². The third kappa shape index (κ3) is 5.39. The highest BCUT2D eigenvalue weighted by Gasteiger charge is 2.15. The lowest BCUT2D eigenvalue weighted by Crippen LogP contribution is -2.12. The van der Waals surface area contributed by atoms with Gasteiger partial charge in [0.05, 0.1) is 26.2 Å². The summed E-state index contributed by atoms with van der Waals surface area (Å²) in [7, 11) is 3.15. The summed E-state index contributed by atoms with van der Waals surface area (Å²) in [6, 6.07) is 24.5. The minimum Gasteiger partial charge on any atom is -0.493 e. The second-order valence-electron chi connectivity index (χ2n) is 6.08. The second-order valence-corrected chi connectivity index (χ2v) is 6.08. The summed E-state index contributed by atoms with van der Waals surface area (Å²) in [6.07, 6.45) is 1.61. The maximum Gasteiger partial charge on any atom is 0.226 e. The molecule has 3 aromatic rings. The van der Waals surface area contributed by atoms with E-state index < -0.39 is 0 Å². The van der Waals surface area contributed by atoms with Gasteiger partial charge in [0.1, 0.15) is 5.75 Å². The van der Waals surface area contributed by atoms with E-state index in [1.165, 1.54) is 0 Å². The number of nitrogens with zero attached hydrogens (tertiary/aromatic N) is 1. The second kappa shape index (κ2) is 9.99. The van der Waals surface area contributed by atoms with E-state index >= 15 is 0 Å². The number of benzene rings is 3. The fourth-order valence-corrected chi connectivity index (χ4v) is 2.56. The summed E-state index contributed by atoms with van der Waals surface area (Å²) in [6.45, 7) is 1.87. The number of rotatable bonds is 7. The first-order chi connectivity index (χ1) is 14.2. The zero-order chi connectivity index (χ0) is 20.5. The van der Waals surface area contributed by atoms with Gasteiger partial charge in [-0.3, -0.25) is 0 Å². The summed E-state index contributed by atoms with van der Waals surface area (Å²) in [4.78, 5) is 4.65. The van der Waals surface area contributed by atoms with Crippen molar-refractivity contribution in [1.82, 2.24) is 0 Å². The Morgan fingerprint density at radius 3 is 2.07 bits per heavy atom. The van der Waals surface area contributed by atoms with Crippen molar-refractivity contribution >= 4 is 11.6 Å². The molecule has 29 heavy (non-hydrogen) atoms. The molecule has 148 valence electrons. The lowest BCUT2D eigenvalue weighted by atomic mass is 10.2. The molecule has 0 aliphatic rings. The van der Waals surface area contributed by atoms with Crippen molar-refractivity contribution < 1.29 is 18.9 Å². The first-order valence-corrected chi connectivity index (χ1v) is 9.12. The molecule has 0 heterocycles. The number of hydrogen-bond acceptors (Lipinski definition) is 5. The molecule has 5 heteroatoms. The monoisotopic (exact) mass is 389 g/mol. The van der Waals surface area contributed by atoms with Crippen LogP contribution in [-0.2, 0) is 0 Å². The highest BCUT2D eigenvalue weighted by molar-refractivity contribution is 5.96. The van der Waals surface area contributed by atoms with Gasteiger partial charge in [0, 0.05) is 5.57 Å². The molecule has 0 saturated carbocycles. The van der Waals surface area contributed by atoms with Gasteiger partial charge < -0.3 is 18.9 Å². The molecular formula is C24H23NO4. The van der Waals surface area contributed by atoms with Crippen molar-refractivity contribution in [2.24, 2.45) is 4.99 Å². The van der Waals surface area contributed by atoms with E-state index in [0.29, 0.717) is 28.7 Å². The molecule has 0 aliphatic heterocycles. The van der Waals surface area contributed by atoms with Gasteiger partial charge in [0.15, 0.2) is 11.5 Å². The van der Waals surface area contributed by atoms with Crippen LogP contribution in [0, 0.1) is 0 Å². The first kappa shape index (κ1) is 20.0. The molecule has 0 bridgehead atoms.